The smallest absolute Gasteiger partial charge is 0.264 e. The summed E-state index contributed by atoms with van der Waals surface area (Å²) in [6.07, 6.45) is 0. The number of carbonyl (C=O) groups excluding carboxylic acids is 1. The molecule has 0 atom stereocenters. The molecular weight excluding hydrogens is 398 g/mol. The van der Waals surface area contributed by atoms with Gasteiger partial charge in [-0.3, -0.25) is 4.79 Å². The second-order valence-electron chi connectivity index (χ2n) is 5.77. The molecule has 1 amide bonds. The van der Waals surface area contributed by atoms with Crippen molar-refractivity contribution >= 4 is 34.5 Å². The highest BCUT2D eigenvalue weighted by Crippen LogP contribution is 2.25. The quantitative estimate of drug-likeness (QED) is 0.467. The number of ether oxygens (including phenoxy) is 1. The Morgan fingerprint density at radius 3 is 2.82 bits per heavy atom. The molecule has 0 bridgehead atoms. The zero-order valence-corrected chi connectivity index (χ0v) is 16.0. The summed E-state index contributed by atoms with van der Waals surface area (Å²) in [5.41, 5.74) is 1.87. The second kappa shape index (κ2) is 8.24. The number of hydrogen-bond acceptors (Lipinski definition) is 6. The van der Waals surface area contributed by atoms with Crippen molar-refractivity contribution < 1.29 is 14.1 Å². The number of rotatable bonds is 6. The van der Waals surface area contributed by atoms with Crippen molar-refractivity contribution in [2.24, 2.45) is 0 Å². The molecule has 0 fully saturated rings. The van der Waals surface area contributed by atoms with Crippen LogP contribution in [0.3, 0.4) is 0 Å². The van der Waals surface area contributed by atoms with Crippen LogP contribution in [0.1, 0.15) is 16.2 Å². The third kappa shape index (κ3) is 4.21. The average molecular weight is 412 g/mol. The van der Waals surface area contributed by atoms with Crippen LogP contribution >= 0.6 is 22.9 Å². The topological polar surface area (TPSA) is 77.2 Å². The fraction of sp³-hybridized carbons (Fsp3) is 0.0500. The minimum atomic E-state index is -0.326. The van der Waals surface area contributed by atoms with E-state index in [0.29, 0.717) is 33.7 Å². The van der Waals surface area contributed by atoms with Crippen LogP contribution in [-0.2, 0) is 6.61 Å². The van der Waals surface area contributed by atoms with E-state index >= 15 is 0 Å². The number of halogens is 1. The first-order chi connectivity index (χ1) is 13.7. The molecule has 6 nitrogen and oxygen atoms in total. The Bertz CT molecular complexity index is 1080. The molecule has 8 heteroatoms. The van der Waals surface area contributed by atoms with E-state index < -0.39 is 0 Å². The molecule has 2 aromatic heterocycles. The van der Waals surface area contributed by atoms with Gasteiger partial charge in [-0.15, -0.1) is 0 Å². The van der Waals surface area contributed by atoms with Crippen LogP contribution in [0.5, 0.6) is 5.75 Å². The Labute approximate surface area is 169 Å². The molecule has 0 aliphatic rings. The van der Waals surface area contributed by atoms with Gasteiger partial charge >= 0.3 is 0 Å². The first-order valence-electron chi connectivity index (χ1n) is 8.33. The number of carbonyl (C=O) groups is 1. The van der Waals surface area contributed by atoms with Crippen LogP contribution in [0, 0.1) is 0 Å². The molecule has 0 aliphatic heterocycles. The van der Waals surface area contributed by atoms with E-state index in [1.165, 1.54) is 0 Å². The Morgan fingerprint density at radius 2 is 2.04 bits per heavy atom. The number of anilines is 1. The Hall–Kier alpha value is -3.16. The van der Waals surface area contributed by atoms with Crippen molar-refractivity contribution in [2.45, 2.75) is 6.61 Å². The van der Waals surface area contributed by atoms with E-state index in [-0.39, 0.29) is 12.5 Å². The molecule has 2 aromatic carbocycles. The molecule has 0 unspecified atom stereocenters. The van der Waals surface area contributed by atoms with Crippen molar-refractivity contribution in [2.75, 3.05) is 5.32 Å². The number of nitrogens with zero attached hydrogens (tertiary/aromatic N) is 2. The number of para-hydroxylation sites is 1. The van der Waals surface area contributed by atoms with E-state index in [2.05, 4.69) is 15.5 Å². The van der Waals surface area contributed by atoms with Gasteiger partial charge in [0.1, 0.15) is 5.75 Å². The molecule has 140 valence electrons. The SMILES string of the molecule is O=C(Nc1ccccc1)c1cc(Cl)ccc1OCc1nc(-c2ccsc2)no1. The third-order valence-electron chi connectivity index (χ3n) is 3.82. The normalized spacial score (nSPS) is 10.6. The standard InChI is InChI=1S/C20H14ClN3O3S/c21-14-6-7-17(16(10-14)20(25)22-15-4-2-1-3-5-15)26-11-18-23-19(24-27-18)13-8-9-28-12-13/h1-10,12H,11H2,(H,22,25). The molecule has 0 spiro atoms. The summed E-state index contributed by atoms with van der Waals surface area (Å²) in [6, 6.07) is 15.9. The summed E-state index contributed by atoms with van der Waals surface area (Å²) >= 11 is 7.62. The number of aromatic nitrogens is 2. The summed E-state index contributed by atoms with van der Waals surface area (Å²) in [5, 5.41) is 11.1. The van der Waals surface area contributed by atoms with Crippen molar-refractivity contribution in [1.29, 1.82) is 0 Å². The molecule has 4 rings (SSSR count). The molecule has 28 heavy (non-hydrogen) atoms. The van der Waals surface area contributed by atoms with Crippen LogP contribution in [0.4, 0.5) is 5.69 Å². The van der Waals surface area contributed by atoms with Crippen LogP contribution in [-0.4, -0.2) is 16.0 Å². The van der Waals surface area contributed by atoms with Crippen LogP contribution in [0.2, 0.25) is 5.02 Å². The molecule has 4 aromatic rings. The Morgan fingerprint density at radius 1 is 1.18 bits per heavy atom. The first-order valence-corrected chi connectivity index (χ1v) is 9.65. The van der Waals surface area contributed by atoms with E-state index in [0.717, 1.165) is 5.56 Å². The molecule has 0 saturated carbocycles. The first kappa shape index (κ1) is 18.2. The van der Waals surface area contributed by atoms with Gasteiger partial charge in [0.15, 0.2) is 6.61 Å². The fourth-order valence-corrected chi connectivity index (χ4v) is 3.29. The van der Waals surface area contributed by atoms with Gasteiger partial charge in [0.05, 0.1) is 5.56 Å². The average Bonchev–Trinajstić information content (AvgIpc) is 3.39. The maximum Gasteiger partial charge on any atom is 0.264 e. The van der Waals surface area contributed by atoms with E-state index in [4.69, 9.17) is 20.9 Å². The van der Waals surface area contributed by atoms with Crippen LogP contribution in [0.15, 0.2) is 69.9 Å². The highest BCUT2D eigenvalue weighted by atomic mass is 35.5. The number of hydrogen-bond donors (Lipinski definition) is 1. The lowest BCUT2D eigenvalue weighted by Crippen LogP contribution is -2.13. The lowest BCUT2D eigenvalue weighted by atomic mass is 10.2. The largest absolute Gasteiger partial charge is 0.483 e. The molecule has 0 aliphatic carbocycles. The zero-order valence-electron chi connectivity index (χ0n) is 14.5. The summed E-state index contributed by atoms with van der Waals surface area (Å²) in [5.74, 6) is 0.852. The van der Waals surface area contributed by atoms with Crippen molar-refractivity contribution in [3.05, 3.63) is 81.8 Å². The predicted octanol–water partition coefficient (Wildman–Crippen LogP) is 5.28. The number of amides is 1. The van der Waals surface area contributed by atoms with E-state index in [9.17, 15) is 4.79 Å². The van der Waals surface area contributed by atoms with Crippen molar-refractivity contribution in [1.82, 2.24) is 10.1 Å². The van der Waals surface area contributed by atoms with Gasteiger partial charge < -0.3 is 14.6 Å². The molecule has 0 saturated heterocycles. The van der Waals surface area contributed by atoms with E-state index in [1.807, 2.05) is 35.0 Å². The zero-order chi connectivity index (χ0) is 19.3. The molecule has 2 heterocycles. The van der Waals surface area contributed by atoms with Gasteiger partial charge in [-0.2, -0.15) is 16.3 Å². The molecular formula is C20H14ClN3O3S. The Balaban J connectivity index is 1.49. The third-order valence-corrected chi connectivity index (χ3v) is 4.73. The second-order valence-corrected chi connectivity index (χ2v) is 6.99. The number of thiophene rings is 1. The highest BCUT2D eigenvalue weighted by molar-refractivity contribution is 7.08. The minimum absolute atomic E-state index is 0.0321. The van der Waals surface area contributed by atoms with Crippen LogP contribution in [0.25, 0.3) is 11.4 Å². The fourth-order valence-electron chi connectivity index (χ4n) is 2.49. The molecule has 1 N–H and O–H groups in total. The van der Waals surface area contributed by atoms with Gasteiger partial charge in [-0.25, -0.2) is 0 Å². The van der Waals surface area contributed by atoms with Crippen molar-refractivity contribution in [3.8, 4) is 17.1 Å². The highest BCUT2D eigenvalue weighted by Gasteiger charge is 2.16. The summed E-state index contributed by atoms with van der Waals surface area (Å²) in [6.45, 7) is 0.0321. The minimum Gasteiger partial charge on any atom is -0.483 e. The summed E-state index contributed by atoms with van der Waals surface area (Å²) in [4.78, 5) is 17.0. The van der Waals surface area contributed by atoms with Gasteiger partial charge in [0.25, 0.3) is 11.8 Å². The number of benzene rings is 2. The lowest BCUT2D eigenvalue weighted by molar-refractivity contribution is 0.102. The van der Waals surface area contributed by atoms with Crippen LogP contribution < -0.4 is 10.1 Å². The molecule has 0 radical (unpaired) electrons. The maximum atomic E-state index is 12.7. The summed E-state index contributed by atoms with van der Waals surface area (Å²) < 4.78 is 11.0. The van der Waals surface area contributed by atoms with Crippen molar-refractivity contribution in [3.63, 3.8) is 0 Å². The predicted molar refractivity (Wildman–Crippen MR) is 108 cm³/mol. The van der Waals surface area contributed by atoms with E-state index in [1.54, 1.807) is 41.7 Å². The van der Waals surface area contributed by atoms with Gasteiger partial charge in [0, 0.05) is 21.7 Å². The van der Waals surface area contributed by atoms with Gasteiger partial charge in [-0.05, 0) is 41.8 Å². The number of nitrogens with one attached hydrogen (secondary N) is 1. The lowest BCUT2D eigenvalue weighted by Gasteiger charge is -2.11. The monoisotopic (exact) mass is 411 g/mol. The Kier molecular flexibility index (Phi) is 5.36. The van der Waals surface area contributed by atoms with Gasteiger partial charge in [0.2, 0.25) is 5.82 Å². The summed E-state index contributed by atoms with van der Waals surface area (Å²) in [7, 11) is 0. The maximum absolute atomic E-state index is 12.7. The van der Waals surface area contributed by atoms with Gasteiger partial charge in [-0.1, -0.05) is 35.0 Å².